The zero-order chi connectivity index (χ0) is 21.4. The fraction of sp³-hybridized carbons (Fsp3) is 0.261. The molecule has 4 aromatic heterocycles. The lowest BCUT2D eigenvalue weighted by molar-refractivity contribution is 0.0899. The maximum atomic E-state index is 5.91. The molecule has 0 aliphatic carbocycles. The Morgan fingerprint density at radius 3 is 2.81 bits per heavy atom. The van der Waals surface area contributed by atoms with E-state index in [9.17, 15) is 0 Å². The Morgan fingerprint density at radius 1 is 1.10 bits per heavy atom. The molecule has 0 bridgehead atoms. The summed E-state index contributed by atoms with van der Waals surface area (Å²) in [5, 5.41) is 5.56. The van der Waals surface area contributed by atoms with Gasteiger partial charge in [0, 0.05) is 38.7 Å². The molecule has 8 heteroatoms. The normalized spacial score (nSPS) is 12.2. The van der Waals surface area contributed by atoms with Crippen LogP contribution in [-0.4, -0.2) is 39.0 Å². The number of ether oxygens (including phenoxy) is 1. The van der Waals surface area contributed by atoms with Crippen molar-refractivity contribution in [1.82, 2.24) is 24.3 Å². The van der Waals surface area contributed by atoms with Gasteiger partial charge in [0.25, 0.3) is 0 Å². The van der Waals surface area contributed by atoms with E-state index in [1.54, 1.807) is 12.4 Å². The number of hydrogen-bond donors (Lipinski definition) is 0. The van der Waals surface area contributed by atoms with Crippen LogP contribution < -0.4 is 0 Å². The molecule has 0 aliphatic heterocycles. The topological polar surface area (TPSA) is 70.9 Å². The van der Waals surface area contributed by atoms with Gasteiger partial charge in [-0.1, -0.05) is 31.8 Å². The highest BCUT2D eigenvalue weighted by molar-refractivity contribution is 6.76. The third kappa shape index (κ3) is 4.04. The van der Waals surface area contributed by atoms with Crippen molar-refractivity contribution in [3.8, 4) is 17.1 Å². The Morgan fingerprint density at radius 2 is 1.97 bits per heavy atom. The Hall–Kier alpha value is -3.23. The summed E-state index contributed by atoms with van der Waals surface area (Å²) >= 11 is 0. The van der Waals surface area contributed by atoms with Gasteiger partial charge in [-0.25, -0.2) is 14.6 Å². The molecule has 0 aliphatic rings. The molecule has 158 valence electrons. The summed E-state index contributed by atoms with van der Waals surface area (Å²) in [4.78, 5) is 9.13. The summed E-state index contributed by atoms with van der Waals surface area (Å²) in [6.07, 6.45) is 7.52. The number of rotatable bonds is 7. The van der Waals surface area contributed by atoms with Gasteiger partial charge in [-0.15, -0.1) is 0 Å². The molecule has 7 nitrogen and oxygen atoms in total. The number of oxazole rings is 1. The van der Waals surface area contributed by atoms with E-state index in [0.29, 0.717) is 12.6 Å². The van der Waals surface area contributed by atoms with Crippen molar-refractivity contribution in [2.24, 2.45) is 0 Å². The van der Waals surface area contributed by atoms with Crippen molar-refractivity contribution in [3.63, 3.8) is 0 Å². The molecule has 0 saturated carbocycles. The quantitative estimate of drug-likeness (QED) is 0.257. The van der Waals surface area contributed by atoms with E-state index in [1.165, 1.54) is 0 Å². The van der Waals surface area contributed by atoms with Crippen LogP contribution >= 0.6 is 0 Å². The van der Waals surface area contributed by atoms with Gasteiger partial charge in [-0.2, -0.15) is 5.10 Å². The fourth-order valence-corrected chi connectivity index (χ4v) is 4.24. The molecule has 31 heavy (non-hydrogen) atoms. The van der Waals surface area contributed by atoms with Crippen molar-refractivity contribution in [2.45, 2.75) is 32.4 Å². The average Bonchev–Trinajstić information content (AvgIpc) is 3.47. The van der Waals surface area contributed by atoms with Crippen molar-refractivity contribution in [1.29, 1.82) is 0 Å². The van der Waals surface area contributed by atoms with Crippen LogP contribution in [0.25, 0.3) is 39.3 Å². The zero-order valence-corrected chi connectivity index (χ0v) is 18.9. The Kier molecular flexibility index (Phi) is 4.95. The predicted molar refractivity (Wildman–Crippen MR) is 124 cm³/mol. The third-order valence-corrected chi connectivity index (χ3v) is 6.94. The second kappa shape index (κ2) is 7.79. The van der Waals surface area contributed by atoms with Gasteiger partial charge in [0.05, 0.1) is 17.4 Å². The highest BCUT2D eigenvalue weighted by atomic mass is 28.3. The van der Waals surface area contributed by atoms with Gasteiger partial charge in [-0.3, -0.25) is 0 Å². The number of nitrogens with zero attached hydrogens (tertiary/aromatic N) is 5. The molecule has 5 aromatic rings. The third-order valence-electron chi connectivity index (χ3n) is 5.24. The van der Waals surface area contributed by atoms with Crippen LogP contribution in [0.3, 0.4) is 0 Å². The average molecular weight is 432 g/mol. The molecule has 0 fully saturated rings. The molecule has 0 unspecified atom stereocenters. The second-order valence-corrected chi connectivity index (χ2v) is 14.5. The predicted octanol–water partition coefficient (Wildman–Crippen LogP) is 5.34. The van der Waals surface area contributed by atoms with Crippen molar-refractivity contribution >= 4 is 30.2 Å². The minimum absolute atomic E-state index is 0.498. The maximum Gasteiger partial charge on any atom is 0.230 e. The summed E-state index contributed by atoms with van der Waals surface area (Å²) in [5.41, 5.74) is 4.26. The summed E-state index contributed by atoms with van der Waals surface area (Å²) < 4.78 is 15.7. The second-order valence-electron chi connectivity index (χ2n) is 8.86. The molecule has 4 heterocycles. The van der Waals surface area contributed by atoms with Crippen LogP contribution in [0.1, 0.15) is 0 Å². The van der Waals surface area contributed by atoms with Crippen molar-refractivity contribution in [3.05, 3.63) is 61.2 Å². The van der Waals surface area contributed by atoms with E-state index >= 15 is 0 Å². The monoisotopic (exact) mass is 431 g/mol. The number of benzene rings is 1. The number of para-hydroxylation sites is 2. The van der Waals surface area contributed by atoms with Crippen LogP contribution in [-0.2, 0) is 11.5 Å². The molecular formula is C23H25N5O2Si. The van der Waals surface area contributed by atoms with Gasteiger partial charge in [0.15, 0.2) is 5.58 Å². The molecule has 0 saturated heterocycles. The lowest BCUT2D eigenvalue weighted by Crippen LogP contribution is -2.22. The Balaban J connectivity index is 1.40. The summed E-state index contributed by atoms with van der Waals surface area (Å²) in [5.74, 6) is 0.561. The van der Waals surface area contributed by atoms with Gasteiger partial charge >= 0.3 is 0 Å². The largest absolute Gasteiger partial charge is 0.436 e. The molecule has 0 spiro atoms. The molecule has 1 aromatic carbocycles. The van der Waals surface area contributed by atoms with E-state index < -0.39 is 8.07 Å². The molecule has 0 atom stereocenters. The van der Waals surface area contributed by atoms with E-state index in [2.05, 4.69) is 40.8 Å². The van der Waals surface area contributed by atoms with Crippen LogP contribution in [0, 0.1) is 0 Å². The number of fused-ring (bicyclic) bond motifs is 2. The highest BCUT2D eigenvalue weighted by Crippen LogP contribution is 2.26. The van der Waals surface area contributed by atoms with E-state index in [-0.39, 0.29) is 0 Å². The maximum absolute atomic E-state index is 5.91. The Bertz CT molecular complexity index is 1310. The number of aromatic nitrogens is 5. The number of hydrogen-bond acceptors (Lipinski definition) is 5. The smallest absolute Gasteiger partial charge is 0.230 e. The van der Waals surface area contributed by atoms with Gasteiger partial charge in [0.1, 0.15) is 17.9 Å². The molecular weight excluding hydrogens is 406 g/mol. The van der Waals surface area contributed by atoms with Crippen LogP contribution in [0.5, 0.6) is 0 Å². The standard InChI is InChI=1S/C23H25N5O2Si/c1-31(2,3)13-12-29-16-27-11-9-18-20(8-10-24-22(18)27)28-15-17(14-25-28)23-26-19-6-4-5-7-21(19)30-23/h4-11,14-15H,12-13,16H2,1-3H3. The van der Waals surface area contributed by atoms with Gasteiger partial charge in [-0.05, 0) is 30.3 Å². The highest BCUT2D eigenvalue weighted by Gasteiger charge is 2.15. The SMILES string of the molecule is C[Si](C)(C)CCOCn1ccc2c(-n3cc(-c4nc5ccccc5o4)cn3)ccnc21. The molecule has 0 amide bonds. The first-order chi connectivity index (χ1) is 15.0. The molecule has 0 radical (unpaired) electrons. The summed E-state index contributed by atoms with van der Waals surface area (Å²) in [6, 6.07) is 12.9. The first-order valence-corrected chi connectivity index (χ1v) is 14.1. The fourth-order valence-electron chi connectivity index (χ4n) is 3.48. The number of pyridine rings is 1. The van der Waals surface area contributed by atoms with Crippen molar-refractivity contribution < 1.29 is 9.15 Å². The minimum atomic E-state index is -1.10. The zero-order valence-electron chi connectivity index (χ0n) is 17.9. The van der Waals surface area contributed by atoms with E-state index in [4.69, 9.17) is 9.15 Å². The van der Waals surface area contributed by atoms with Gasteiger partial charge < -0.3 is 13.7 Å². The van der Waals surface area contributed by atoms with Crippen LogP contribution in [0.4, 0.5) is 0 Å². The van der Waals surface area contributed by atoms with Crippen LogP contribution in [0.15, 0.2) is 65.6 Å². The molecule has 5 rings (SSSR count). The van der Waals surface area contributed by atoms with E-state index in [1.807, 2.05) is 52.0 Å². The molecule has 0 N–H and O–H groups in total. The first-order valence-electron chi connectivity index (χ1n) is 10.4. The van der Waals surface area contributed by atoms with Crippen LogP contribution in [0.2, 0.25) is 25.7 Å². The minimum Gasteiger partial charge on any atom is -0.436 e. The summed E-state index contributed by atoms with van der Waals surface area (Å²) in [6.45, 7) is 8.34. The lowest BCUT2D eigenvalue weighted by Gasteiger charge is -2.15. The van der Waals surface area contributed by atoms with E-state index in [0.717, 1.165) is 46.0 Å². The lowest BCUT2D eigenvalue weighted by atomic mass is 10.3. The van der Waals surface area contributed by atoms with Crippen molar-refractivity contribution in [2.75, 3.05) is 6.61 Å². The first kappa shape index (κ1) is 19.7. The van der Waals surface area contributed by atoms with Gasteiger partial charge in [0.2, 0.25) is 5.89 Å². The Labute approximate surface area is 181 Å². The summed E-state index contributed by atoms with van der Waals surface area (Å²) in [7, 11) is -1.10.